The fourth-order valence-corrected chi connectivity index (χ4v) is 0.668. The molecule has 1 amide bonds. The quantitative estimate of drug-likeness (QED) is 0.394. The first-order valence-corrected chi connectivity index (χ1v) is 2.80. The summed E-state index contributed by atoms with van der Waals surface area (Å²) in [6.07, 6.45) is 0.923. The van der Waals surface area contributed by atoms with Gasteiger partial charge in [-0.2, -0.15) is 4.99 Å². The van der Waals surface area contributed by atoms with Crippen LogP contribution >= 0.6 is 0 Å². The molecule has 1 aliphatic rings. The molecular formula is C5H6N2O3. The predicted octanol–water partition coefficient (Wildman–Crippen LogP) is -0.268. The van der Waals surface area contributed by atoms with Crippen LogP contribution in [-0.4, -0.2) is 36.9 Å². The summed E-state index contributed by atoms with van der Waals surface area (Å²) in [6, 6.07) is 0. The number of ether oxygens (including phenoxy) is 1. The van der Waals surface area contributed by atoms with E-state index >= 15 is 0 Å². The lowest BCUT2D eigenvalue weighted by atomic mass is 10.6. The Morgan fingerprint density at radius 3 is 3.10 bits per heavy atom. The molecule has 5 heteroatoms. The van der Waals surface area contributed by atoms with Crippen LogP contribution in [-0.2, 0) is 9.53 Å². The van der Waals surface area contributed by atoms with E-state index < -0.39 is 6.09 Å². The van der Waals surface area contributed by atoms with Crippen LogP contribution in [0.4, 0.5) is 4.79 Å². The van der Waals surface area contributed by atoms with Gasteiger partial charge in [0, 0.05) is 0 Å². The summed E-state index contributed by atoms with van der Waals surface area (Å²) in [5, 5.41) is 0. The molecule has 0 aromatic heterocycles. The first kappa shape index (κ1) is 6.77. The van der Waals surface area contributed by atoms with Crippen LogP contribution in [0.1, 0.15) is 0 Å². The molecule has 0 radical (unpaired) electrons. The maximum absolute atomic E-state index is 10.6. The summed E-state index contributed by atoms with van der Waals surface area (Å²) in [4.78, 5) is 24.7. The van der Waals surface area contributed by atoms with Crippen LogP contribution in [0.5, 0.6) is 0 Å². The van der Waals surface area contributed by atoms with E-state index in [1.54, 1.807) is 0 Å². The molecule has 0 spiro atoms. The van der Waals surface area contributed by atoms with Crippen molar-refractivity contribution in [1.82, 2.24) is 4.90 Å². The van der Waals surface area contributed by atoms with Gasteiger partial charge in [0.25, 0.3) is 0 Å². The van der Waals surface area contributed by atoms with Gasteiger partial charge < -0.3 is 4.74 Å². The summed E-state index contributed by atoms with van der Waals surface area (Å²) < 4.78 is 4.56. The number of carbonyl (C=O) groups is 1. The topological polar surface area (TPSA) is 59.0 Å². The summed E-state index contributed by atoms with van der Waals surface area (Å²) >= 11 is 0. The lowest BCUT2D eigenvalue weighted by Crippen LogP contribution is -2.23. The largest absolute Gasteiger partial charge is 0.447 e. The van der Waals surface area contributed by atoms with E-state index in [0.29, 0.717) is 13.2 Å². The molecular weight excluding hydrogens is 136 g/mol. The van der Waals surface area contributed by atoms with Gasteiger partial charge in [0.05, 0.1) is 6.54 Å². The molecule has 1 aliphatic heterocycles. The van der Waals surface area contributed by atoms with Gasteiger partial charge in [0.15, 0.2) is 0 Å². The van der Waals surface area contributed by atoms with Crippen LogP contribution in [0.3, 0.4) is 0 Å². The molecule has 0 saturated carbocycles. The van der Waals surface area contributed by atoms with Crippen molar-refractivity contribution >= 4 is 12.2 Å². The van der Waals surface area contributed by atoms with Gasteiger partial charge in [-0.05, 0) is 0 Å². The van der Waals surface area contributed by atoms with E-state index in [0.717, 1.165) is 0 Å². The van der Waals surface area contributed by atoms with Crippen LogP contribution in [0.15, 0.2) is 4.99 Å². The molecule has 5 nitrogen and oxygen atoms in total. The highest BCUT2D eigenvalue weighted by Crippen LogP contribution is 2.01. The van der Waals surface area contributed by atoms with E-state index in [1.165, 1.54) is 11.0 Å². The second-order valence-electron chi connectivity index (χ2n) is 1.77. The number of aliphatic imine (C=N–C) groups is 1. The summed E-state index contributed by atoms with van der Waals surface area (Å²) in [6.45, 7) is 0.944. The maximum atomic E-state index is 10.6. The van der Waals surface area contributed by atoms with Crippen molar-refractivity contribution in [3.8, 4) is 0 Å². The number of amides is 1. The number of rotatable bonds is 2. The van der Waals surface area contributed by atoms with E-state index in [9.17, 15) is 9.59 Å². The van der Waals surface area contributed by atoms with Crippen LogP contribution in [0, 0.1) is 0 Å². The summed E-state index contributed by atoms with van der Waals surface area (Å²) in [7, 11) is 0. The highest BCUT2D eigenvalue weighted by Gasteiger charge is 2.20. The lowest BCUT2D eigenvalue weighted by Gasteiger charge is -2.05. The Kier molecular flexibility index (Phi) is 2.02. The Balaban J connectivity index is 2.40. The van der Waals surface area contributed by atoms with Gasteiger partial charge in [-0.3, -0.25) is 4.90 Å². The van der Waals surface area contributed by atoms with Gasteiger partial charge in [0.1, 0.15) is 13.3 Å². The zero-order valence-corrected chi connectivity index (χ0v) is 5.24. The van der Waals surface area contributed by atoms with Crippen molar-refractivity contribution in [3.63, 3.8) is 0 Å². The van der Waals surface area contributed by atoms with Crippen molar-refractivity contribution in [3.05, 3.63) is 0 Å². The average molecular weight is 142 g/mol. The fourth-order valence-electron chi connectivity index (χ4n) is 0.668. The zero-order chi connectivity index (χ0) is 7.40. The lowest BCUT2D eigenvalue weighted by molar-refractivity contribution is 0.159. The molecule has 0 aliphatic carbocycles. The SMILES string of the molecule is O=C=NCN1CCOC1=O. The molecule has 0 aromatic rings. The Bertz CT molecular complexity index is 185. The molecule has 0 unspecified atom stereocenters. The zero-order valence-electron chi connectivity index (χ0n) is 5.24. The normalized spacial score (nSPS) is 16.4. The van der Waals surface area contributed by atoms with Crippen LogP contribution in [0.25, 0.3) is 0 Å². The van der Waals surface area contributed by atoms with Crippen molar-refractivity contribution in [2.75, 3.05) is 19.8 Å². The van der Waals surface area contributed by atoms with Gasteiger partial charge in [0.2, 0.25) is 6.08 Å². The minimum atomic E-state index is -0.418. The van der Waals surface area contributed by atoms with Crippen molar-refractivity contribution in [1.29, 1.82) is 0 Å². The van der Waals surface area contributed by atoms with Gasteiger partial charge in [-0.25, -0.2) is 9.59 Å². The monoisotopic (exact) mass is 142 g/mol. The van der Waals surface area contributed by atoms with Crippen molar-refractivity contribution < 1.29 is 14.3 Å². The van der Waals surface area contributed by atoms with Gasteiger partial charge >= 0.3 is 6.09 Å². The van der Waals surface area contributed by atoms with E-state index in [-0.39, 0.29) is 6.67 Å². The van der Waals surface area contributed by atoms with Gasteiger partial charge in [-0.15, -0.1) is 0 Å². The number of cyclic esters (lactones) is 1. The minimum Gasteiger partial charge on any atom is -0.447 e. The van der Waals surface area contributed by atoms with Gasteiger partial charge in [-0.1, -0.05) is 0 Å². The molecule has 0 atom stereocenters. The standard InChI is InChI=1S/C5H6N2O3/c8-4-6-3-7-1-2-10-5(7)9/h1-3H2. The number of carbonyl (C=O) groups excluding carboxylic acids is 2. The van der Waals surface area contributed by atoms with Crippen LogP contribution in [0.2, 0.25) is 0 Å². The fraction of sp³-hybridized carbons (Fsp3) is 0.600. The molecule has 54 valence electrons. The Hall–Kier alpha value is -1.35. The molecule has 1 saturated heterocycles. The molecule has 0 aromatic carbocycles. The Labute approximate surface area is 57.3 Å². The number of hydrogen-bond donors (Lipinski definition) is 0. The third-order valence-corrected chi connectivity index (χ3v) is 1.15. The van der Waals surface area contributed by atoms with Crippen molar-refractivity contribution in [2.24, 2.45) is 4.99 Å². The highest BCUT2D eigenvalue weighted by molar-refractivity contribution is 5.69. The molecule has 1 fully saturated rings. The second-order valence-corrected chi connectivity index (χ2v) is 1.77. The smallest absolute Gasteiger partial charge is 0.411 e. The minimum absolute atomic E-state index is 0.0579. The predicted molar refractivity (Wildman–Crippen MR) is 31.0 cm³/mol. The molecule has 1 rings (SSSR count). The van der Waals surface area contributed by atoms with E-state index in [1.807, 2.05) is 0 Å². The summed E-state index contributed by atoms with van der Waals surface area (Å²) in [5.74, 6) is 0. The first-order valence-electron chi connectivity index (χ1n) is 2.80. The number of hydrogen-bond acceptors (Lipinski definition) is 4. The first-order chi connectivity index (χ1) is 4.84. The molecule has 1 heterocycles. The Morgan fingerprint density at radius 2 is 2.60 bits per heavy atom. The van der Waals surface area contributed by atoms with Crippen molar-refractivity contribution in [2.45, 2.75) is 0 Å². The molecule has 10 heavy (non-hydrogen) atoms. The number of nitrogens with zero attached hydrogens (tertiary/aromatic N) is 2. The van der Waals surface area contributed by atoms with E-state index in [2.05, 4.69) is 9.73 Å². The summed E-state index contributed by atoms with van der Waals surface area (Å²) in [5.41, 5.74) is 0. The maximum Gasteiger partial charge on any atom is 0.411 e. The van der Waals surface area contributed by atoms with E-state index in [4.69, 9.17) is 0 Å². The van der Waals surface area contributed by atoms with Crippen LogP contribution < -0.4 is 0 Å². The number of isocyanates is 1. The third-order valence-electron chi connectivity index (χ3n) is 1.15. The third kappa shape index (κ3) is 1.33. The molecule has 0 N–H and O–H groups in total. The second kappa shape index (κ2) is 2.98. The Morgan fingerprint density at radius 1 is 1.80 bits per heavy atom. The highest BCUT2D eigenvalue weighted by atomic mass is 16.6. The average Bonchev–Trinajstić information content (AvgIpc) is 2.31. The molecule has 0 bridgehead atoms.